The summed E-state index contributed by atoms with van der Waals surface area (Å²) in [5.74, 6) is 1.46. The molecular formula is C12H19NOS. The Morgan fingerprint density at radius 1 is 1.40 bits per heavy atom. The highest BCUT2D eigenvalue weighted by atomic mass is 32.2. The van der Waals surface area contributed by atoms with E-state index in [1.807, 2.05) is 13.0 Å². The first-order valence-electron chi connectivity index (χ1n) is 5.36. The second kappa shape index (κ2) is 6.03. The summed E-state index contributed by atoms with van der Waals surface area (Å²) in [6, 6.07) is 6.27. The Morgan fingerprint density at radius 2 is 2.13 bits per heavy atom. The molecule has 1 rings (SSSR count). The predicted octanol–water partition coefficient (Wildman–Crippen LogP) is 3.56. The standard InChI is InChI=1S/C12H19NOS/c1-4-9(3)10-6-7-11(14-5-2)12(8-10)15-13/h6-9H,4-5,13H2,1-3H3. The van der Waals surface area contributed by atoms with Crippen LogP contribution < -0.4 is 9.88 Å². The summed E-state index contributed by atoms with van der Waals surface area (Å²) < 4.78 is 5.50. The van der Waals surface area contributed by atoms with Gasteiger partial charge in [-0.2, -0.15) is 0 Å². The van der Waals surface area contributed by atoms with Crippen LogP contribution in [0.5, 0.6) is 5.75 Å². The van der Waals surface area contributed by atoms with Gasteiger partial charge in [0.1, 0.15) is 5.75 Å². The molecule has 0 fully saturated rings. The molecule has 0 radical (unpaired) electrons. The average Bonchev–Trinajstić information content (AvgIpc) is 2.29. The van der Waals surface area contributed by atoms with Gasteiger partial charge in [-0.25, -0.2) is 0 Å². The van der Waals surface area contributed by atoms with E-state index < -0.39 is 0 Å². The monoisotopic (exact) mass is 225 g/mol. The fourth-order valence-electron chi connectivity index (χ4n) is 1.43. The van der Waals surface area contributed by atoms with Crippen LogP contribution in [0.15, 0.2) is 23.1 Å². The van der Waals surface area contributed by atoms with Crippen LogP contribution in [0.3, 0.4) is 0 Å². The number of nitrogens with two attached hydrogens (primary N) is 1. The Bertz CT molecular complexity index is 314. The Labute approximate surface area is 96.3 Å². The summed E-state index contributed by atoms with van der Waals surface area (Å²) in [6.07, 6.45) is 1.14. The van der Waals surface area contributed by atoms with Gasteiger partial charge in [0.15, 0.2) is 0 Å². The molecule has 2 N–H and O–H groups in total. The lowest BCUT2D eigenvalue weighted by atomic mass is 9.99. The summed E-state index contributed by atoms with van der Waals surface area (Å²) in [6.45, 7) is 7.07. The number of hydrogen-bond donors (Lipinski definition) is 1. The summed E-state index contributed by atoms with van der Waals surface area (Å²) in [7, 11) is 0. The smallest absolute Gasteiger partial charge is 0.134 e. The average molecular weight is 225 g/mol. The van der Waals surface area contributed by atoms with Crippen molar-refractivity contribution in [2.24, 2.45) is 5.14 Å². The summed E-state index contributed by atoms with van der Waals surface area (Å²) in [5, 5.41) is 5.63. The van der Waals surface area contributed by atoms with Crippen molar-refractivity contribution in [2.75, 3.05) is 6.61 Å². The maximum atomic E-state index is 5.63. The molecule has 1 atom stereocenters. The number of benzene rings is 1. The van der Waals surface area contributed by atoms with Crippen LogP contribution in [0.25, 0.3) is 0 Å². The highest BCUT2D eigenvalue weighted by molar-refractivity contribution is 7.97. The zero-order valence-corrected chi connectivity index (χ0v) is 10.4. The zero-order valence-electron chi connectivity index (χ0n) is 9.62. The van der Waals surface area contributed by atoms with Gasteiger partial charge in [0.25, 0.3) is 0 Å². The van der Waals surface area contributed by atoms with Gasteiger partial charge in [-0.15, -0.1) is 0 Å². The molecule has 0 saturated heterocycles. The quantitative estimate of drug-likeness (QED) is 0.778. The molecule has 0 spiro atoms. The molecule has 0 aliphatic carbocycles. The zero-order chi connectivity index (χ0) is 11.3. The molecule has 15 heavy (non-hydrogen) atoms. The first-order valence-corrected chi connectivity index (χ1v) is 6.24. The van der Waals surface area contributed by atoms with Gasteiger partial charge < -0.3 is 4.74 Å². The van der Waals surface area contributed by atoms with Crippen molar-refractivity contribution in [1.29, 1.82) is 0 Å². The molecule has 3 heteroatoms. The molecule has 0 aliphatic rings. The van der Waals surface area contributed by atoms with Gasteiger partial charge in [0.05, 0.1) is 11.5 Å². The van der Waals surface area contributed by atoms with Crippen molar-refractivity contribution in [2.45, 2.75) is 38.0 Å². The van der Waals surface area contributed by atoms with E-state index in [1.54, 1.807) is 0 Å². The molecule has 84 valence electrons. The van der Waals surface area contributed by atoms with Crippen LogP contribution in [0.1, 0.15) is 38.7 Å². The number of hydrogen-bond acceptors (Lipinski definition) is 3. The van der Waals surface area contributed by atoms with Crippen LogP contribution in [0, 0.1) is 0 Å². The molecule has 0 amide bonds. The predicted molar refractivity (Wildman–Crippen MR) is 66.4 cm³/mol. The first kappa shape index (κ1) is 12.4. The van der Waals surface area contributed by atoms with Crippen molar-refractivity contribution in [3.63, 3.8) is 0 Å². The SMILES string of the molecule is CCOc1ccc(C(C)CC)cc1SN. The lowest BCUT2D eigenvalue weighted by molar-refractivity contribution is 0.332. The van der Waals surface area contributed by atoms with Gasteiger partial charge >= 0.3 is 0 Å². The minimum Gasteiger partial charge on any atom is -0.493 e. The largest absolute Gasteiger partial charge is 0.493 e. The Morgan fingerprint density at radius 3 is 2.67 bits per heavy atom. The molecule has 0 bridgehead atoms. The highest BCUT2D eigenvalue weighted by Gasteiger charge is 2.08. The molecule has 0 saturated carbocycles. The van der Waals surface area contributed by atoms with E-state index in [-0.39, 0.29) is 0 Å². The van der Waals surface area contributed by atoms with Gasteiger partial charge in [0.2, 0.25) is 0 Å². The van der Waals surface area contributed by atoms with E-state index in [2.05, 4.69) is 26.0 Å². The summed E-state index contributed by atoms with van der Waals surface area (Å²) >= 11 is 1.25. The third-order valence-corrected chi connectivity index (χ3v) is 3.15. The fraction of sp³-hybridized carbons (Fsp3) is 0.500. The maximum Gasteiger partial charge on any atom is 0.134 e. The Balaban J connectivity index is 2.96. The molecule has 0 heterocycles. The Kier molecular flexibility index (Phi) is 4.99. The van der Waals surface area contributed by atoms with Gasteiger partial charge in [0, 0.05) is 0 Å². The van der Waals surface area contributed by atoms with E-state index in [0.717, 1.165) is 17.1 Å². The van der Waals surface area contributed by atoms with Crippen LogP contribution in [-0.2, 0) is 0 Å². The van der Waals surface area contributed by atoms with Crippen molar-refractivity contribution in [1.82, 2.24) is 0 Å². The molecular weight excluding hydrogens is 206 g/mol. The molecule has 1 unspecified atom stereocenters. The van der Waals surface area contributed by atoms with Crippen LogP contribution in [-0.4, -0.2) is 6.61 Å². The molecule has 1 aromatic rings. The Hall–Kier alpha value is -0.670. The minimum atomic E-state index is 0.576. The van der Waals surface area contributed by atoms with Crippen molar-refractivity contribution >= 4 is 11.9 Å². The maximum absolute atomic E-state index is 5.63. The van der Waals surface area contributed by atoms with E-state index in [9.17, 15) is 0 Å². The van der Waals surface area contributed by atoms with Gasteiger partial charge in [-0.1, -0.05) is 19.9 Å². The molecule has 0 aliphatic heterocycles. The van der Waals surface area contributed by atoms with Crippen LogP contribution in [0.2, 0.25) is 0 Å². The van der Waals surface area contributed by atoms with E-state index in [4.69, 9.17) is 9.88 Å². The third kappa shape index (κ3) is 3.14. The van der Waals surface area contributed by atoms with Gasteiger partial charge in [-0.3, -0.25) is 5.14 Å². The van der Waals surface area contributed by atoms with Crippen LogP contribution >= 0.6 is 11.9 Å². The summed E-state index contributed by atoms with van der Waals surface area (Å²) in [4.78, 5) is 1.02. The van der Waals surface area contributed by atoms with Gasteiger partial charge in [-0.05, 0) is 48.9 Å². The minimum absolute atomic E-state index is 0.576. The van der Waals surface area contributed by atoms with Crippen LogP contribution in [0.4, 0.5) is 0 Å². The van der Waals surface area contributed by atoms with Crippen molar-refractivity contribution in [3.05, 3.63) is 23.8 Å². The second-order valence-electron chi connectivity index (χ2n) is 3.57. The van der Waals surface area contributed by atoms with Crippen molar-refractivity contribution in [3.8, 4) is 5.75 Å². The topological polar surface area (TPSA) is 35.2 Å². The third-order valence-electron chi connectivity index (χ3n) is 2.58. The molecule has 1 aromatic carbocycles. The summed E-state index contributed by atoms with van der Waals surface area (Å²) in [5.41, 5.74) is 1.33. The number of ether oxygens (including phenoxy) is 1. The fourth-order valence-corrected chi connectivity index (χ4v) is 1.88. The number of rotatable bonds is 5. The molecule has 0 aromatic heterocycles. The van der Waals surface area contributed by atoms with Crippen molar-refractivity contribution < 1.29 is 4.74 Å². The van der Waals surface area contributed by atoms with E-state index in [0.29, 0.717) is 12.5 Å². The second-order valence-corrected chi connectivity index (χ2v) is 4.24. The van der Waals surface area contributed by atoms with E-state index >= 15 is 0 Å². The van der Waals surface area contributed by atoms with E-state index in [1.165, 1.54) is 17.5 Å². The lowest BCUT2D eigenvalue weighted by Crippen LogP contribution is -1.97. The molecule has 2 nitrogen and oxygen atoms in total. The normalized spacial score (nSPS) is 12.5. The first-order chi connectivity index (χ1) is 7.22. The highest BCUT2D eigenvalue weighted by Crippen LogP contribution is 2.30. The lowest BCUT2D eigenvalue weighted by Gasteiger charge is -2.13.